The average molecular weight is 300 g/mol. The van der Waals surface area contributed by atoms with Gasteiger partial charge in [-0.05, 0) is 12.8 Å². The van der Waals surface area contributed by atoms with Gasteiger partial charge in [-0.15, -0.1) is 0 Å². The van der Waals surface area contributed by atoms with Gasteiger partial charge in [0.1, 0.15) is 0 Å². The maximum absolute atomic E-state index is 11.4. The van der Waals surface area contributed by atoms with E-state index in [0.717, 1.165) is 48.6 Å². The van der Waals surface area contributed by atoms with E-state index in [4.69, 9.17) is 9.72 Å². The molecule has 2 unspecified atom stereocenters. The molecule has 2 aromatic rings. The molecular formula is C16H16N2O2S. The van der Waals surface area contributed by atoms with Crippen molar-refractivity contribution in [3.63, 3.8) is 0 Å². The van der Waals surface area contributed by atoms with Gasteiger partial charge in [-0.1, -0.05) is 41.7 Å². The van der Waals surface area contributed by atoms with Crippen molar-refractivity contribution >= 4 is 22.8 Å². The van der Waals surface area contributed by atoms with E-state index in [1.54, 1.807) is 0 Å². The summed E-state index contributed by atoms with van der Waals surface area (Å²) in [5, 5.41) is 0.941. The Labute approximate surface area is 127 Å². The molecule has 0 aliphatic carbocycles. The minimum atomic E-state index is 0.326. The maximum Gasteiger partial charge on any atom is 0.186 e. The van der Waals surface area contributed by atoms with Crippen molar-refractivity contribution in [2.75, 3.05) is 18.0 Å². The van der Waals surface area contributed by atoms with Crippen molar-refractivity contribution in [2.24, 2.45) is 0 Å². The summed E-state index contributed by atoms with van der Waals surface area (Å²) in [4.78, 5) is 19.1. The smallest absolute Gasteiger partial charge is 0.186 e. The molecule has 4 nitrogen and oxygen atoms in total. The number of rotatable bonds is 3. The van der Waals surface area contributed by atoms with E-state index in [1.165, 1.54) is 11.3 Å². The van der Waals surface area contributed by atoms with E-state index in [9.17, 15) is 4.79 Å². The van der Waals surface area contributed by atoms with Crippen LogP contribution in [-0.2, 0) is 4.74 Å². The molecule has 1 aromatic heterocycles. The third kappa shape index (κ3) is 2.36. The first-order valence-corrected chi connectivity index (χ1v) is 8.07. The molecule has 3 heterocycles. The minimum Gasteiger partial charge on any atom is -0.371 e. The fourth-order valence-corrected chi connectivity index (χ4v) is 4.03. The Kier molecular flexibility index (Phi) is 3.24. The zero-order valence-electron chi connectivity index (χ0n) is 11.6. The Bertz CT molecular complexity index is 644. The zero-order chi connectivity index (χ0) is 14.2. The molecule has 4 rings (SSSR count). The second kappa shape index (κ2) is 5.24. The van der Waals surface area contributed by atoms with Crippen molar-refractivity contribution in [1.82, 2.24) is 4.98 Å². The molecule has 2 aliphatic heterocycles. The van der Waals surface area contributed by atoms with E-state index < -0.39 is 0 Å². The van der Waals surface area contributed by atoms with E-state index in [0.29, 0.717) is 17.1 Å². The number of fused-ring (bicyclic) bond motifs is 2. The van der Waals surface area contributed by atoms with Gasteiger partial charge in [0, 0.05) is 18.7 Å². The average Bonchev–Trinajstić information content (AvgIpc) is 3.11. The molecule has 0 spiro atoms. The number of ether oxygens (including phenoxy) is 1. The molecule has 2 bridgehead atoms. The quantitative estimate of drug-likeness (QED) is 0.817. The summed E-state index contributed by atoms with van der Waals surface area (Å²) in [5.41, 5.74) is 1.79. The normalized spacial score (nSPS) is 24.3. The summed E-state index contributed by atoms with van der Waals surface area (Å²) in [6.45, 7) is 1.77. The highest BCUT2D eigenvalue weighted by molar-refractivity contribution is 7.17. The van der Waals surface area contributed by atoms with E-state index >= 15 is 0 Å². The van der Waals surface area contributed by atoms with Crippen LogP contribution in [0.25, 0.3) is 11.3 Å². The molecule has 0 saturated carbocycles. The molecule has 0 N–H and O–H groups in total. The van der Waals surface area contributed by atoms with Crippen molar-refractivity contribution in [1.29, 1.82) is 0 Å². The Balaban J connectivity index is 1.68. The maximum atomic E-state index is 11.4. The highest BCUT2D eigenvalue weighted by atomic mass is 32.1. The first-order chi connectivity index (χ1) is 10.3. The first-order valence-electron chi connectivity index (χ1n) is 7.25. The Morgan fingerprint density at radius 2 is 1.90 bits per heavy atom. The number of benzene rings is 1. The van der Waals surface area contributed by atoms with Gasteiger partial charge in [-0.3, -0.25) is 4.79 Å². The van der Waals surface area contributed by atoms with Crippen LogP contribution in [0.2, 0.25) is 0 Å². The lowest BCUT2D eigenvalue weighted by Gasteiger charge is -2.31. The SMILES string of the molecule is O=Cc1sc(N2CC3CCC(C2)O3)nc1-c1ccccc1. The van der Waals surface area contributed by atoms with Gasteiger partial charge in [-0.2, -0.15) is 0 Å². The van der Waals surface area contributed by atoms with Crippen LogP contribution in [0.4, 0.5) is 5.13 Å². The van der Waals surface area contributed by atoms with Gasteiger partial charge in [0.25, 0.3) is 0 Å². The molecule has 2 aliphatic rings. The van der Waals surface area contributed by atoms with Crippen LogP contribution in [0.5, 0.6) is 0 Å². The summed E-state index contributed by atoms with van der Waals surface area (Å²) >= 11 is 1.48. The first kappa shape index (κ1) is 13.0. The summed E-state index contributed by atoms with van der Waals surface area (Å²) in [5.74, 6) is 0. The predicted molar refractivity (Wildman–Crippen MR) is 83.0 cm³/mol. The summed E-state index contributed by atoms with van der Waals surface area (Å²) in [6, 6.07) is 9.90. The number of aromatic nitrogens is 1. The van der Waals surface area contributed by atoms with Gasteiger partial charge < -0.3 is 9.64 Å². The van der Waals surface area contributed by atoms with Crippen LogP contribution in [0.15, 0.2) is 30.3 Å². The van der Waals surface area contributed by atoms with Gasteiger partial charge in [0.15, 0.2) is 11.4 Å². The topological polar surface area (TPSA) is 42.4 Å². The lowest BCUT2D eigenvalue weighted by molar-refractivity contribution is 0.0305. The number of nitrogens with zero attached hydrogens (tertiary/aromatic N) is 2. The number of carbonyl (C=O) groups excluding carboxylic acids is 1. The molecule has 2 saturated heterocycles. The monoisotopic (exact) mass is 300 g/mol. The number of thiazole rings is 1. The van der Waals surface area contributed by atoms with E-state index in [1.807, 2.05) is 30.3 Å². The second-order valence-corrected chi connectivity index (χ2v) is 6.56. The van der Waals surface area contributed by atoms with Crippen LogP contribution in [-0.4, -0.2) is 36.6 Å². The minimum absolute atomic E-state index is 0.326. The lowest BCUT2D eigenvalue weighted by Crippen LogP contribution is -2.42. The van der Waals surface area contributed by atoms with E-state index in [2.05, 4.69) is 4.90 Å². The van der Waals surface area contributed by atoms with Crippen LogP contribution in [0.3, 0.4) is 0 Å². The summed E-state index contributed by atoms with van der Waals surface area (Å²) in [7, 11) is 0. The number of carbonyl (C=O) groups is 1. The van der Waals surface area contributed by atoms with Crippen LogP contribution < -0.4 is 4.90 Å². The number of anilines is 1. The van der Waals surface area contributed by atoms with Crippen LogP contribution >= 0.6 is 11.3 Å². The zero-order valence-corrected chi connectivity index (χ0v) is 12.4. The summed E-state index contributed by atoms with van der Waals surface area (Å²) < 4.78 is 5.86. The third-order valence-corrected chi connectivity index (χ3v) is 5.15. The highest BCUT2D eigenvalue weighted by Crippen LogP contribution is 2.35. The molecule has 1 aromatic carbocycles. The molecule has 0 radical (unpaired) electrons. The van der Waals surface area contributed by atoms with Crippen molar-refractivity contribution < 1.29 is 9.53 Å². The lowest BCUT2D eigenvalue weighted by atomic mass is 10.1. The Hall–Kier alpha value is -1.72. The number of hydrogen-bond donors (Lipinski definition) is 0. The number of aldehydes is 1. The molecule has 5 heteroatoms. The molecule has 0 amide bonds. The van der Waals surface area contributed by atoms with Crippen molar-refractivity contribution in [3.8, 4) is 11.3 Å². The summed E-state index contributed by atoms with van der Waals surface area (Å²) in [6.07, 6.45) is 3.84. The van der Waals surface area contributed by atoms with Crippen molar-refractivity contribution in [3.05, 3.63) is 35.2 Å². The molecule has 2 fully saturated rings. The highest BCUT2D eigenvalue weighted by Gasteiger charge is 2.35. The molecule has 21 heavy (non-hydrogen) atoms. The number of morpholine rings is 1. The molecule has 2 atom stereocenters. The van der Waals surface area contributed by atoms with Gasteiger partial charge >= 0.3 is 0 Å². The second-order valence-electron chi connectivity index (χ2n) is 5.56. The van der Waals surface area contributed by atoms with Gasteiger partial charge in [0.2, 0.25) is 0 Å². The molecule has 108 valence electrons. The Morgan fingerprint density at radius 3 is 2.57 bits per heavy atom. The fourth-order valence-electron chi connectivity index (χ4n) is 3.11. The number of hydrogen-bond acceptors (Lipinski definition) is 5. The van der Waals surface area contributed by atoms with Gasteiger partial charge in [0.05, 0.1) is 22.8 Å². The van der Waals surface area contributed by atoms with Crippen molar-refractivity contribution in [2.45, 2.75) is 25.0 Å². The Morgan fingerprint density at radius 1 is 1.19 bits per heavy atom. The van der Waals surface area contributed by atoms with E-state index in [-0.39, 0.29) is 0 Å². The standard InChI is InChI=1S/C16H16N2O2S/c19-10-14-15(11-4-2-1-3-5-11)17-16(21-14)18-8-12-6-7-13(9-18)20-12/h1-5,10,12-13H,6-9H2. The third-order valence-electron chi connectivity index (χ3n) is 4.11. The largest absolute Gasteiger partial charge is 0.371 e. The fraction of sp³-hybridized carbons (Fsp3) is 0.375. The molecular weight excluding hydrogens is 284 g/mol. The van der Waals surface area contributed by atoms with Crippen LogP contribution in [0.1, 0.15) is 22.5 Å². The van der Waals surface area contributed by atoms with Gasteiger partial charge in [-0.25, -0.2) is 4.98 Å². The predicted octanol–water partition coefficient (Wildman–Crippen LogP) is 2.99. The van der Waals surface area contributed by atoms with Crippen LogP contribution in [0, 0.1) is 0 Å².